The SMILES string of the molecule is COc1ccc(OC)c(CN(CC(=O)N(c2ccccc2)C(C)C)C2CC2)c1. The summed E-state index contributed by atoms with van der Waals surface area (Å²) < 4.78 is 10.9. The predicted molar refractivity (Wildman–Crippen MR) is 112 cm³/mol. The fourth-order valence-electron chi connectivity index (χ4n) is 3.55. The van der Waals surface area contributed by atoms with E-state index in [0.29, 0.717) is 19.1 Å². The van der Waals surface area contributed by atoms with E-state index >= 15 is 0 Å². The highest BCUT2D eigenvalue weighted by Crippen LogP contribution is 2.32. The summed E-state index contributed by atoms with van der Waals surface area (Å²) in [4.78, 5) is 17.4. The average Bonchev–Trinajstić information content (AvgIpc) is 3.53. The minimum absolute atomic E-state index is 0.0994. The molecule has 5 heteroatoms. The van der Waals surface area contributed by atoms with Crippen LogP contribution in [-0.2, 0) is 11.3 Å². The largest absolute Gasteiger partial charge is 0.497 e. The zero-order valence-electron chi connectivity index (χ0n) is 17.2. The van der Waals surface area contributed by atoms with Crippen molar-refractivity contribution in [2.75, 3.05) is 25.7 Å². The van der Waals surface area contributed by atoms with E-state index in [4.69, 9.17) is 9.47 Å². The molecule has 1 aliphatic rings. The molecule has 3 rings (SSSR count). The van der Waals surface area contributed by atoms with Crippen molar-refractivity contribution in [3.05, 3.63) is 54.1 Å². The van der Waals surface area contributed by atoms with Crippen molar-refractivity contribution in [1.82, 2.24) is 4.90 Å². The van der Waals surface area contributed by atoms with Gasteiger partial charge in [0.25, 0.3) is 0 Å². The summed E-state index contributed by atoms with van der Waals surface area (Å²) in [5.41, 5.74) is 1.98. The van der Waals surface area contributed by atoms with Gasteiger partial charge >= 0.3 is 0 Å². The number of nitrogens with zero attached hydrogens (tertiary/aromatic N) is 2. The Balaban J connectivity index is 1.79. The number of carbonyl (C=O) groups excluding carboxylic acids is 1. The Hall–Kier alpha value is -2.53. The predicted octanol–water partition coefficient (Wildman–Crippen LogP) is 4.11. The van der Waals surface area contributed by atoms with Crippen LogP contribution in [0.4, 0.5) is 5.69 Å². The lowest BCUT2D eigenvalue weighted by Crippen LogP contribution is -2.44. The highest BCUT2D eigenvalue weighted by molar-refractivity contribution is 5.95. The molecule has 1 aliphatic carbocycles. The van der Waals surface area contributed by atoms with E-state index in [2.05, 4.69) is 18.7 Å². The average molecular weight is 383 g/mol. The van der Waals surface area contributed by atoms with E-state index in [-0.39, 0.29) is 11.9 Å². The van der Waals surface area contributed by atoms with Gasteiger partial charge in [-0.15, -0.1) is 0 Å². The van der Waals surface area contributed by atoms with E-state index in [9.17, 15) is 4.79 Å². The lowest BCUT2D eigenvalue weighted by atomic mass is 10.1. The first-order valence-corrected chi connectivity index (χ1v) is 9.85. The molecule has 0 unspecified atom stereocenters. The van der Waals surface area contributed by atoms with Crippen LogP contribution >= 0.6 is 0 Å². The summed E-state index contributed by atoms with van der Waals surface area (Å²) in [6.45, 7) is 5.16. The van der Waals surface area contributed by atoms with Crippen molar-refractivity contribution in [2.45, 2.75) is 45.3 Å². The van der Waals surface area contributed by atoms with Crippen molar-refractivity contribution in [1.29, 1.82) is 0 Å². The van der Waals surface area contributed by atoms with Gasteiger partial charge in [-0.25, -0.2) is 0 Å². The molecule has 0 bridgehead atoms. The Kier molecular flexibility index (Phi) is 6.57. The van der Waals surface area contributed by atoms with Gasteiger partial charge in [0, 0.05) is 29.9 Å². The Labute approximate surface area is 167 Å². The lowest BCUT2D eigenvalue weighted by Gasteiger charge is -2.30. The third-order valence-corrected chi connectivity index (χ3v) is 5.08. The fraction of sp³-hybridized carbons (Fsp3) is 0.435. The molecule has 28 heavy (non-hydrogen) atoms. The molecule has 0 aliphatic heterocycles. The molecular weight excluding hydrogens is 352 g/mol. The third kappa shape index (κ3) is 4.84. The molecule has 0 saturated heterocycles. The Morgan fingerprint density at radius 2 is 1.79 bits per heavy atom. The highest BCUT2D eigenvalue weighted by Gasteiger charge is 2.32. The summed E-state index contributed by atoms with van der Waals surface area (Å²) >= 11 is 0. The Morgan fingerprint density at radius 3 is 2.36 bits per heavy atom. The molecule has 1 fully saturated rings. The van der Waals surface area contributed by atoms with Gasteiger partial charge in [0.05, 0.1) is 20.8 Å². The number of carbonyl (C=O) groups is 1. The molecule has 0 heterocycles. The van der Waals surface area contributed by atoms with Crippen LogP contribution in [0.5, 0.6) is 11.5 Å². The van der Waals surface area contributed by atoms with Crippen LogP contribution in [0.3, 0.4) is 0 Å². The molecule has 150 valence electrons. The summed E-state index contributed by atoms with van der Waals surface area (Å²) in [6.07, 6.45) is 2.26. The van der Waals surface area contributed by atoms with Crippen LogP contribution in [-0.4, -0.2) is 43.7 Å². The summed E-state index contributed by atoms with van der Waals surface area (Å²) in [7, 11) is 3.34. The Morgan fingerprint density at radius 1 is 1.07 bits per heavy atom. The van der Waals surface area contributed by atoms with Gasteiger partial charge in [-0.05, 0) is 57.0 Å². The zero-order chi connectivity index (χ0) is 20.1. The minimum Gasteiger partial charge on any atom is -0.497 e. The third-order valence-electron chi connectivity index (χ3n) is 5.08. The quantitative estimate of drug-likeness (QED) is 0.655. The molecule has 0 atom stereocenters. The number of benzene rings is 2. The van der Waals surface area contributed by atoms with Gasteiger partial charge in [0.2, 0.25) is 5.91 Å². The maximum absolute atomic E-state index is 13.2. The number of rotatable bonds is 9. The maximum Gasteiger partial charge on any atom is 0.241 e. The van der Waals surface area contributed by atoms with Crippen molar-refractivity contribution in [3.8, 4) is 11.5 Å². The van der Waals surface area contributed by atoms with Gasteiger partial charge in [-0.2, -0.15) is 0 Å². The van der Waals surface area contributed by atoms with Gasteiger partial charge in [0.1, 0.15) is 11.5 Å². The molecule has 5 nitrogen and oxygen atoms in total. The number of methoxy groups -OCH3 is 2. The van der Waals surface area contributed by atoms with E-state index < -0.39 is 0 Å². The van der Waals surface area contributed by atoms with Gasteiger partial charge in [-0.3, -0.25) is 9.69 Å². The van der Waals surface area contributed by atoms with Crippen LogP contribution in [0, 0.1) is 0 Å². The summed E-state index contributed by atoms with van der Waals surface area (Å²) in [6, 6.07) is 16.3. The second-order valence-corrected chi connectivity index (χ2v) is 7.51. The van der Waals surface area contributed by atoms with Crippen molar-refractivity contribution in [3.63, 3.8) is 0 Å². The smallest absolute Gasteiger partial charge is 0.241 e. The Bertz CT molecular complexity index is 788. The van der Waals surface area contributed by atoms with E-state index in [0.717, 1.165) is 35.6 Å². The van der Waals surface area contributed by atoms with Crippen molar-refractivity contribution in [2.24, 2.45) is 0 Å². The number of amides is 1. The zero-order valence-corrected chi connectivity index (χ0v) is 17.2. The normalized spacial score (nSPS) is 13.6. The molecule has 0 spiro atoms. The number of ether oxygens (including phenoxy) is 2. The van der Waals surface area contributed by atoms with E-state index in [1.54, 1.807) is 14.2 Å². The lowest BCUT2D eigenvalue weighted by molar-refractivity contribution is -0.120. The van der Waals surface area contributed by atoms with Crippen LogP contribution in [0.1, 0.15) is 32.3 Å². The monoisotopic (exact) mass is 382 g/mol. The second-order valence-electron chi connectivity index (χ2n) is 7.51. The van der Waals surface area contributed by atoms with Crippen molar-refractivity contribution < 1.29 is 14.3 Å². The van der Waals surface area contributed by atoms with Crippen molar-refractivity contribution >= 4 is 11.6 Å². The molecular formula is C23H30N2O3. The van der Waals surface area contributed by atoms with Gasteiger partial charge in [0.15, 0.2) is 0 Å². The van der Waals surface area contributed by atoms with E-state index in [1.807, 2.05) is 53.4 Å². The topological polar surface area (TPSA) is 42.0 Å². The fourth-order valence-corrected chi connectivity index (χ4v) is 3.55. The van der Waals surface area contributed by atoms with Gasteiger partial charge < -0.3 is 14.4 Å². The molecule has 0 aromatic heterocycles. The summed E-state index contributed by atoms with van der Waals surface area (Å²) in [5, 5.41) is 0. The maximum atomic E-state index is 13.2. The first kappa shape index (κ1) is 20.2. The van der Waals surface area contributed by atoms with Crippen LogP contribution in [0.25, 0.3) is 0 Å². The molecule has 1 amide bonds. The molecule has 1 saturated carbocycles. The van der Waals surface area contributed by atoms with Crippen LogP contribution in [0.2, 0.25) is 0 Å². The van der Waals surface area contributed by atoms with E-state index in [1.165, 1.54) is 0 Å². The molecule has 2 aromatic carbocycles. The van der Waals surface area contributed by atoms with Gasteiger partial charge in [-0.1, -0.05) is 18.2 Å². The van der Waals surface area contributed by atoms with Crippen LogP contribution < -0.4 is 14.4 Å². The molecule has 0 N–H and O–H groups in total. The number of hydrogen-bond acceptors (Lipinski definition) is 4. The molecule has 0 radical (unpaired) electrons. The number of anilines is 1. The number of hydrogen-bond donors (Lipinski definition) is 0. The molecule has 2 aromatic rings. The second kappa shape index (κ2) is 9.11. The minimum atomic E-state index is 0.0994. The standard InChI is InChI=1S/C23H30N2O3/c1-17(2)25(20-8-6-5-7-9-20)23(26)16-24(19-10-11-19)15-18-14-21(27-3)12-13-22(18)28-4/h5-9,12-14,17,19H,10-11,15-16H2,1-4H3. The number of para-hydroxylation sites is 1. The first-order chi connectivity index (χ1) is 13.5. The summed E-state index contributed by atoms with van der Waals surface area (Å²) in [5.74, 6) is 1.74. The van der Waals surface area contributed by atoms with Crippen LogP contribution in [0.15, 0.2) is 48.5 Å². The highest BCUT2D eigenvalue weighted by atomic mass is 16.5. The first-order valence-electron chi connectivity index (χ1n) is 9.85.